The second-order valence-electron chi connectivity index (χ2n) is 6.50. The Morgan fingerprint density at radius 2 is 1.65 bits per heavy atom. The van der Waals surface area contributed by atoms with Crippen LogP contribution in [0.1, 0.15) is 19.4 Å². The molecule has 2 rings (SSSR count). The Kier molecular flexibility index (Phi) is 6.67. The number of benzene rings is 2. The monoisotopic (exact) mass is 394 g/mol. The predicted octanol–water partition coefficient (Wildman–Crippen LogP) is 3.62. The zero-order chi connectivity index (χ0) is 19.3. The first kappa shape index (κ1) is 20.3. The van der Waals surface area contributed by atoms with Crippen molar-refractivity contribution in [2.75, 3.05) is 17.4 Å². The molecule has 0 aliphatic carbocycles. The summed E-state index contributed by atoms with van der Waals surface area (Å²) in [4.78, 5) is 12.4. The highest BCUT2D eigenvalue weighted by atomic mass is 35.5. The second-order valence-corrected chi connectivity index (χ2v) is 8.80. The molecule has 0 fully saturated rings. The molecule has 26 heavy (non-hydrogen) atoms. The van der Waals surface area contributed by atoms with E-state index in [1.54, 1.807) is 12.1 Å². The van der Waals surface area contributed by atoms with Crippen molar-refractivity contribution >= 4 is 33.2 Å². The Hall–Kier alpha value is -2.05. The number of amides is 1. The number of aryl methyl sites for hydroxylation is 1. The number of carbonyl (C=O) groups excluding carboxylic acids is 1. The zero-order valence-electron chi connectivity index (χ0n) is 15.1. The van der Waals surface area contributed by atoms with Crippen molar-refractivity contribution in [3.05, 3.63) is 59.1 Å². The summed E-state index contributed by atoms with van der Waals surface area (Å²) in [6.45, 7) is 6.06. The van der Waals surface area contributed by atoms with Crippen LogP contribution in [-0.2, 0) is 14.8 Å². The fourth-order valence-corrected chi connectivity index (χ4v) is 3.81. The SMILES string of the molecule is Cc1ccc(N(CC(=O)NCC(C)C)S(=O)(=O)c2ccc(Cl)cc2)cc1. The van der Waals surface area contributed by atoms with Crippen LogP contribution in [0.4, 0.5) is 5.69 Å². The quantitative estimate of drug-likeness (QED) is 0.779. The number of nitrogens with one attached hydrogen (secondary N) is 1. The highest BCUT2D eigenvalue weighted by molar-refractivity contribution is 7.92. The van der Waals surface area contributed by atoms with E-state index in [1.807, 2.05) is 32.9 Å². The Morgan fingerprint density at radius 1 is 1.08 bits per heavy atom. The first-order chi connectivity index (χ1) is 12.2. The number of halogens is 1. The molecule has 0 aliphatic rings. The van der Waals surface area contributed by atoms with Gasteiger partial charge in [0.05, 0.1) is 10.6 Å². The molecule has 0 atom stereocenters. The zero-order valence-corrected chi connectivity index (χ0v) is 16.6. The third kappa shape index (κ3) is 5.22. The van der Waals surface area contributed by atoms with Gasteiger partial charge in [-0.05, 0) is 49.2 Å². The number of nitrogens with zero attached hydrogens (tertiary/aromatic N) is 1. The van der Waals surface area contributed by atoms with E-state index in [2.05, 4.69) is 5.32 Å². The fourth-order valence-electron chi connectivity index (χ4n) is 2.26. The Balaban J connectivity index is 2.37. The number of anilines is 1. The molecule has 1 N–H and O–H groups in total. The molecule has 0 aromatic heterocycles. The number of hydrogen-bond acceptors (Lipinski definition) is 3. The molecule has 0 spiro atoms. The minimum absolute atomic E-state index is 0.0825. The Bertz CT molecular complexity index is 847. The van der Waals surface area contributed by atoms with Crippen LogP contribution in [0.15, 0.2) is 53.4 Å². The molecular formula is C19H23ClN2O3S. The fraction of sp³-hybridized carbons (Fsp3) is 0.316. The second kappa shape index (κ2) is 8.56. The summed E-state index contributed by atoms with van der Waals surface area (Å²) >= 11 is 5.86. The normalized spacial score (nSPS) is 11.4. The van der Waals surface area contributed by atoms with Gasteiger partial charge in [-0.1, -0.05) is 43.1 Å². The summed E-state index contributed by atoms with van der Waals surface area (Å²) in [7, 11) is -3.90. The van der Waals surface area contributed by atoms with Crippen molar-refractivity contribution in [3.8, 4) is 0 Å². The van der Waals surface area contributed by atoms with Gasteiger partial charge < -0.3 is 5.32 Å². The van der Waals surface area contributed by atoms with E-state index in [9.17, 15) is 13.2 Å². The van der Waals surface area contributed by atoms with Crippen LogP contribution in [0.3, 0.4) is 0 Å². The van der Waals surface area contributed by atoms with Crippen LogP contribution in [0.5, 0.6) is 0 Å². The van der Waals surface area contributed by atoms with E-state index in [-0.39, 0.29) is 23.3 Å². The van der Waals surface area contributed by atoms with Crippen LogP contribution in [0.2, 0.25) is 5.02 Å². The topological polar surface area (TPSA) is 66.5 Å². The molecule has 0 radical (unpaired) electrons. The Labute approximate surface area is 160 Å². The largest absolute Gasteiger partial charge is 0.354 e. The van der Waals surface area contributed by atoms with E-state index < -0.39 is 10.0 Å². The van der Waals surface area contributed by atoms with Crippen LogP contribution in [0.25, 0.3) is 0 Å². The lowest BCUT2D eigenvalue weighted by molar-refractivity contribution is -0.119. The van der Waals surface area contributed by atoms with Crippen LogP contribution in [0, 0.1) is 12.8 Å². The number of rotatable bonds is 7. The first-order valence-corrected chi connectivity index (χ1v) is 10.1. The first-order valence-electron chi connectivity index (χ1n) is 8.32. The van der Waals surface area contributed by atoms with Gasteiger partial charge in [0.25, 0.3) is 10.0 Å². The summed E-state index contributed by atoms with van der Waals surface area (Å²) in [5.41, 5.74) is 1.44. The molecule has 2 aromatic carbocycles. The van der Waals surface area contributed by atoms with Gasteiger partial charge in [0, 0.05) is 11.6 Å². The molecule has 5 nitrogen and oxygen atoms in total. The van der Waals surface area contributed by atoms with Crippen LogP contribution in [-0.4, -0.2) is 27.4 Å². The molecule has 0 saturated carbocycles. The summed E-state index contributed by atoms with van der Waals surface area (Å²) in [5, 5.41) is 3.21. The summed E-state index contributed by atoms with van der Waals surface area (Å²) < 4.78 is 27.3. The molecule has 0 bridgehead atoms. The molecule has 1 amide bonds. The van der Waals surface area contributed by atoms with Crippen molar-refractivity contribution < 1.29 is 13.2 Å². The van der Waals surface area contributed by atoms with Gasteiger partial charge in [-0.3, -0.25) is 9.10 Å². The summed E-state index contributed by atoms with van der Waals surface area (Å²) in [6.07, 6.45) is 0. The van der Waals surface area contributed by atoms with E-state index in [0.717, 1.165) is 9.87 Å². The molecule has 0 heterocycles. The minimum Gasteiger partial charge on any atom is -0.354 e. The minimum atomic E-state index is -3.90. The molecular weight excluding hydrogens is 372 g/mol. The van der Waals surface area contributed by atoms with E-state index in [0.29, 0.717) is 17.3 Å². The predicted molar refractivity (Wildman–Crippen MR) is 105 cm³/mol. The average molecular weight is 395 g/mol. The summed E-state index contributed by atoms with van der Waals surface area (Å²) in [5.74, 6) is -0.0727. The third-order valence-electron chi connectivity index (χ3n) is 3.72. The van der Waals surface area contributed by atoms with Gasteiger partial charge in [0.15, 0.2) is 0 Å². The average Bonchev–Trinajstić information content (AvgIpc) is 2.59. The van der Waals surface area contributed by atoms with Gasteiger partial charge in [0.2, 0.25) is 5.91 Å². The maximum absolute atomic E-state index is 13.1. The molecule has 140 valence electrons. The number of sulfonamides is 1. The lowest BCUT2D eigenvalue weighted by Gasteiger charge is -2.24. The van der Waals surface area contributed by atoms with Gasteiger partial charge in [-0.2, -0.15) is 0 Å². The molecule has 2 aromatic rings. The van der Waals surface area contributed by atoms with Crippen molar-refractivity contribution in [1.82, 2.24) is 5.32 Å². The van der Waals surface area contributed by atoms with Crippen molar-refractivity contribution in [3.63, 3.8) is 0 Å². The van der Waals surface area contributed by atoms with Gasteiger partial charge >= 0.3 is 0 Å². The van der Waals surface area contributed by atoms with Gasteiger partial charge in [-0.25, -0.2) is 8.42 Å². The molecule has 7 heteroatoms. The lowest BCUT2D eigenvalue weighted by Crippen LogP contribution is -2.41. The van der Waals surface area contributed by atoms with Crippen molar-refractivity contribution in [2.24, 2.45) is 5.92 Å². The van der Waals surface area contributed by atoms with Crippen LogP contribution >= 0.6 is 11.6 Å². The smallest absolute Gasteiger partial charge is 0.264 e. The molecule has 0 aliphatic heterocycles. The standard InChI is InChI=1S/C19H23ClN2O3S/c1-14(2)12-21-19(23)13-22(17-8-4-15(3)5-9-17)26(24,25)18-10-6-16(20)7-11-18/h4-11,14H,12-13H2,1-3H3,(H,21,23). The van der Waals surface area contributed by atoms with E-state index in [4.69, 9.17) is 11.6 Å². The maximum atomic E-state index is 13.1. The van der Waals surface area contributed by atoms with Crippen LogP contribution < -0.4 is 9.62 Å². The van der Waals surface area contributed by atoms with E-state index >= 15 is 0 Å². The van der Waals surface area contributed by atoms with E-state index in [1.165, 1.54) is 24.3 Å². The maximum Gasteiger partial charge on any atom is 0.264 e. The van der Waals surface area contributed by atoms with Crippen molar-refractivity contribution in [2.45, 2.75) is 25.7 Å². The van der Waals surface area contributed by atoms with Crippen molar-refractivity contribution in [1.29, 1.82) is 0 Å². The van der Waals surface area contributed by atoms with Gasteiger partial charge in [-0.15, -0.1) is 0 Å². The summed E-state index contributed by atoms with van der Waals surface area (Å²) in [6, 6.07) is 12.9. The highest BCUT2D eigenvalue weighted by Crippen LogP contribution is 2.25. The lowest BCUT2D eigenvalue weighted by atomic mass is 10.2. The molecule has 0 saturated heterocycles. The third-order valence-corrected chi connectivity index (χ3v) is 5.76. The van der Waals surface area contributed by atoms with Gasteiger partial charge in [0.1, 0.15) is 6.54 Å². The number of carbonyl (C=O) groups is 1. The number of hydrogen-bond donors (Lipinski definition) is 1. The highest BCUT2D eigenvalue weighted by Gasteiger charge is 2.27. The molecule has 0 unspecified atom stereocenters. The Morgan fingerprint density at radius 3 is 2.19 bits per heavy atom.